The average molecular weight is 384 g/mol. The van der Waals surface area contributed by atoms with Gasteiger partial charge in [-0.2, -0.15) is 0 Å². The minimum atomic E-state index is -0.512. The summed E-state index contributed by atoms with van der Waals surface area (Å²) in [6.07, 6.45) is 2.72. The molecule has 0 aliphatic heterocycles. The van der Waals surface area contributed by atoms with E-state index in [-0.39, 0.29) is 5.92 Å². The molecule has 0 saturated heterocycles. The van der Waals surface area contributed by atoms with E-state index in [9.17, 15) is 5.11 Å². The van der Waals surface area contributed by atoms with E-state index >= 15 is 0 Å². The molecular weight excluding hydrogens is 346 g/mol. The maximum absolute atomic E-state index is 11.3. The molecule has 0 saturated carbocycles. The number of nitrogens with zero attached hydrogens (tertiary/aromatic N) is 1. The first-order chi connectivity index (χ1) is 13.4. The first kappa shape index (κ1) is 22.4. The van der Waals surface area contributed by atoms with Gasteiger partial charge in [-0.25, -0.2) is 0 Å². The molecule has 0 amide bonds. The number of aliphatic hydroxyl groups excluding tert-OH is 1. The molecule has 0 aliphatic rings. The van der Waals surface area contributed by atoms with Gasteiger partial charge in [-0.15, -0.1) is 0 Å². The third-order valence-electron chi connectivity index (χ3n) is 5.30. The summed E-state index contributed by atoms with van der Waals surface area (Å²) in [5.41, 5.74) is 3.58. The fraction of sp³-hybridized carbons (Fsp3) is 0.520. The Labute approximate surface area is 171 Å². The smallest absolute Gasteiger partial charge is 0.119 e. The van der Waals surface area contributed by atoms with E-state index in [0.717, 1.165) is 37.1 Å². The van der Waals surface area contributed by atoms with Gasteiger partial charge in [-0.05, 0) is 55.3 Å². The topological polar surface area (TPSA) is 32.7 Å². The Hall–Kier alpha value is -1.84. The van der Waals surface area contributed by atoms with E-state index in [1.807, 2.05) is 38.4 Å². The summed E-state index contributed by atoms with van der Waals surface area (Å²) in [7, 11) is 4.07. The van der Waals surface area contributed by atoms with Gasteiger partial charge in [0.2, 0.25) is 0 Å². The number of hydrogen-bond acceptors (Lipinski definition) is 3. The molecule has 0 radical (unpaired) electrons. The van der Waals surface area contributed by atoms with Crippen molar-refractivity contribution in [3.05, 3.63) is 65.2 Å². The van der Waals surface area contributed by atoms with Gasteiger partial charge in [0.05, 0.1) is 6.10 Å². The molecule has 2 rings (SSSR count). The fourth-order valence-electron chi connectivity index (χ4n) is 3.62. The van der Waals surface area contributed by atoms with E-state index in [0.29, 0.717) is 12.5 Å². The third kappa shape index (κ3) is 6.35. The largest absolute Gasteiger partial charge is 0.492 e. The second kappa shape index (κ2) is 11.2. The summed E-state index contributed by atoms with van der Waals surface area (Å²) in [5, 5.41) is 11.3. The fourth-order valence-corrected chi connectivity index (χ4v) is 3.62. The summed E-state index contributed by atoms with van der Waals surface area (Å²) >= 11 is 0. The Morgan fingerprint density at radius 1 is 0.964 bits per heavy atom. The van der Waals surface area contributed by atoms with Crippen molar-refractivity contribution in [3.8, 4) is 5.75 Å². The zero-order valence-corrected chi connectivity index (χ0v) is 18.2. The molecule has 28 heavy (non-hydrogen) atoms. The molecular formula is C25H37NO2. The van der Waals surface area contributed by atoms with Crippen LogP contribution in [0.15, 0.2) is 48.5 Å². The highest BCUT2D eigenvalue weighted by molar-refractivity contribution is 5.36. The number of ether oxygens (including phenoxy) is 1. The second-order valence-corrected chi connectivity index (χ2v) is 8.20. The molecule has 1 N–H and O–H groups in total. The number of likely N-dealkylation sites (N-methyl/N-ethyl adjacent to an activating group) is 1. The first-order valence-corrected chi connectivity index (χ1v) is 10.6. The molecule has 0 aliphatic carbocycles. The highest BCUT2D eigenvalue weighted by Gasteiger charge is 2.25. The van der Waals surface area contributed by atoms with Crippen LogP contribution < -0.4 is 4.74 Å². The van der Waals surface area contributed by atoms with Crippen LogP contribution in [0.1, 0.15) is 74.7 Å². The lowest BCUT2D eigenvalue weighted by Crippen LogP contribution is -2.19. The summed E-state index contributed by atoms with van der Waals surface area (Å²) < 4.78 is 5.79. The van der Waals surface area contributed by atoms with Gasteiger partial charge in [-0.1, -0.05) is 70.0 Å². The normalized spacial score (nSPS) is 13.7. The van der Waals surface area contributed by atoms with Gasteiger partial charge in [0.25, 0.3) is 0 Å². The molecule has 2 atom stereocenters. The Kier molecular flexibility index (Phi) is 9.01. The summed E-state index contributed by atoms with van der Waals surface area (Å²) in [5.74, 6) is 1.41. The molecule has 0 heterocycles. The molecule has 2 aromatic rings. The molecule has 2 unspecified atom stereocenters. The number of benzene rings is 2. The van der Waals surface area contributed by atoms with E-state index in [1.54, 1.807) is 0 Å². The van der Waals surface area contributed by atoms with Crippen LogP contribution >= 0.6 is 0 Å². The zero-order chi connectivity index (χ0) is 20.5. The molecule has 0 fully saturated rings. The van der Waals surface area contributed by atoms with Crippen LogP contribution in [0, 0.1) is 0 Å². The molecule has 0 spiro atoms. The second-order valence-electron chi connectivity index (χ2n) is 8.20. The average Bonchev–Trinajstić information content (AvgIpc) is 2.68. The Bertz CT molecular complexity index is 694. The Morgan fingerprint density at radius 2 is 1.61 bits per heavy atom. The van der Waals surface area contributed by atoms with Crippen molar-refractivity contribution in [3.63, 3.8) is 0 Å². The predicted molar refractivity (Wildman–Crippen MR) is 118 cm³/mol. The van der Waals surface area contributed by atoms with Crippen LogP contribution in [0.4, 0.5) is 0 Å². The van der Waals surface area contributed by atoms with Crippen LogP contribution in [-0.4, -0.2) is 37.3 Å². The number of unbranched alkanes of at least 4 members (excludes halogenated alkanes) is 1. The molecule has 0 aromatic heterocycles. The van der Waals surface area contributed by atoms with Crippen LogP contribution in [0.2, 0.25) is 0 Å². The third-order valence-corrected chi connectivity index (χ3v) is 5.30. The van der Waals surface area contributed by atoms with E-state index < -0.39 is 6.10 Å². The molecule has 2 aromatic carbocycles. The number of rotatable bonds is 11. The van der Waals surface area contributed by atoms with Crippen molar-refractivity contribution in [2.75, 3.05) is 27.2 Å². The van der Waals surface area contributed by atoms with Crippen LogP contribution in [0.5, 0.6) is 5.75 Å². The van der Waals surface area contributed by atoms with Gasteiger partial charge in [0.1, 0.15) is 12.4 Å². The quantitative estimate of drug-likeness (QED) is 0.535. The van der Waals surface area contributed by atoms with Gasteiger partial charge in [-0.3, -0.25) is 0 Å². The monoisotopic (exact) mass is 383 g/mol. The van der Waals surface area contributed by atoms with Crippen molar-refractivity contribution in [2.45, 2.75) is 58.0 Å². The minimum Gasteiger partial charge on any atom is -0.492 e. The van der Waals surface area contributed by atoms with Crippen LogP contribution in [0.25, 0.3) is 0 Å². The van der Waals surface area contributed by atoms with Crippen LogP contribution in [-0.2, 0) is 0 Å². The lowest BCUT2D eigenvalue weighted by molar-refractivity contribution is 0.138. The van der Waals surface area contributed by atoms with Crippen molar-refractivity contribution in [1.29, 1.82) is 0 Å². The van der Waals surface area contributed by atoms with Gasteiger partial charge in [0, 0.05) is 12.5 Å². The van der Waals surface area contributed by atoms with Crippen LogP contribution in [0.3, 0.4) is 0 Å². The standard InChI is InChI=1S/C25H37NO2/c1-6-7-10-24(23-12-9-8-11-22(23)19(2)3)25(27)20-13-15-21(16-14-20)28-18-17-26(4)5/h8-9,11-16,19,24-25,27H,6-7,10,17-18H2,1-5H3. The van der Waals surface area contributed by atoms with E-state index in [4.69, 9.17) is 4.74 Å². The number of aliphatic hydroxyl groups is 1. The highest BCUT2D eigenvalue weighted by Crippen LogP contribution is 2.39. The summed E-state index contributed by atoms with van der Waals surface area (Å²) in [4.78, 5) is 2.10. The summed E-state index contributed by atoms with van der Waals surface area (Å²) in [6, 6.07) is 16.5. The zero-order valence-electron chi connectivity index (χ0n) is 18.2. The lowest BCUT2D eigenvalue weighted by atomic mass is 9.81. The SMILES string of the molecule is CCCCC(c1ccccc1C(C)C)C(O)c1ccc(OCCN(C)C)cc1. The number of hydrogen-bond donors (Lipinski definition) is 1. The molecule has 154 valence electrons. The van der Waals surface area contributed by atoms with Gasteiger partial charge < -0.3 is 14.7 Å². The highest BCUT2D eigenvalue weighted by atomic mass is 16.5. The van der Waals surface area contributed by atoms with Crippen molar-refractivity contribution in [1.82, 2.24) is 4.90 Å². The van der Waals surface area contributed by atoms with E-state index in [2.05, 4.69) is 49.9 Å². The maximum Gasteiger partial charge on any atom is 0.119 e. The Balaban J connectivity index is 2.20. The van der Waals surface area contributed by atoms with Crippen molar-refractivity contribution in [2.24, 2.45) is 0 Å². The maximum atomic E-state index is 11.3. The first-order valence-electron chi connectivity index (χ1n) is 10.6. The lowest BCUT2D eigenvalue weighted by Gasteiger charge is -2.27. The molecule has 0 bridgehead atoms. The summed E-state index contributed by atoms with van der Waals surface area (Å²) in [6.45, 7) is 8.20. The van der Waals surface area contributed by atoms with Gasteiger partial charge >= 0.3 is 0 Å². The van der Waals surface area contributed by atoms with Gasteiger partial charge in [0.15, 0.2) is 0 Å². The van der Waals surface area contributed by atoms with Crippen molar-refractivity contribution < 1.29 is 9.84 Å². The predicted octanol–water partition coefficient (Wildman–Crippen LogP) is 5.76. The Morgan fingerprint density at radius 3 is 2.18 bits per heavy atom. The molecule has 3 heteroatoms. The molecule has 3 nitrogen and oxygen atoms in total. The van der Waals surface area contributed by atoms with E-state index in [1.165, 1.54) is 11.1 Å². The van der Waals surface area contributed by atoms with Crippen molar-refractivity contribution >= 4 is 0 Å². The minimum absolute atomic E-state index is 0.110.